The molecule has 1 aliphatic rings. The number of methoxy groups -OCH3 is 1. The van der Waals surface area contributed by atoms with Gasteiger partial charge in [0, 0.05) is 5.38 Å². The second-order valence-electron chi connectivity index (χ2n) is 7.35. The van der Waals surface area contributed by atoms with Crippen LogP contribution in [0, 0.1) is 5.92 Å². The molecule has 3 N–H and O–H groups in total. The van der Waals surface area contributed by atoms with E-state index < -0.39 is 35.9 Å². The first-order chi connectivity index (χ1) is 14.7. The van der Waals surface area contributed by atoms with Crippen molar-refractivity contribution in [3.63, 3.8) is 0 Å². The molecule has 1 aromatic carbocycles. The maximum atomic E-state index is 13.0. The summed E-state index contributed by atoms with van der Waals surface area (Å²) in [5.74, 6) is -1.75. The summed E-state index contributed by atoms with van der Waals surface area (Å²) >= 11 is 1.03. The van der Waals surface area contributed by atoms with Crippen molar-refractivity contribution in [3.8, 4) is 5.75 Å². The molecule has 4 amide bonds. The van der Waals surface area contributed by atoms with Gasteiger partial charge in [-0.1, -0.05) is 26.0 Å². The van der Waals surface area contributed by atoms with E-state index in [2.05, 4.69) is 20.4 Å². The lowest BCUT2D eigenvalue weighted by Crippen LogP contribution is -2.48. The van der Waals surface area contributed by atoms with Crippen LogP contribution in [0.5, 0.6) is 5.75 Å². The van der Waals surface area contributed by atoms with E-state index in [1.54, 1.807) is 0 Å². The highest BCUT2D eigenvalue weighted by molar-refractivity contribution is 7.14. The van der Waals surface area contributed by atoms with Gasteiger partial charge in [-0.15, -0.1) is 11.3 Å². The number of rotatable bonds is 7. The van der Waals surface area contributed by atoms with Crippen LogP contribution in [0.3, 0.4) is 0 Å². The molecule has 0 aliphatic carbocycles. The molecule has 164 valence electrons. The summed E-state index contributed by atoms with van der Waals surface area (Å²) in [6.45, 7) is 3.74. The second kappa shape index (κ2) is 9.13. The minimum atomic E-state index is -1.07. The molecule has 1 fully saturated rings. The number of imide groups is 1. The fourth-order valence-corrected chi connectivity index (χ4v) is 3.86. The Hall–Kier alpha value is -3.47. The number of anilines is 1. The molecule has 0 bridgehead atoms. The van der Waals surface area contributed by atoms with Gasteiger partial charge in [-0.05, 0) is 30.0 Å². The van der Waals surface area contributed by atoms with Crippen LogP contribution in [-0.2, 0) is 14.3 Å². The van der Waals surface area contributed by atoms with E-state index in [-0.39, 0.29) is 28.9 Å². The van der Waals surface area contributed by atoms with E-state index in [0.717, 1.165) is 16.2 Å². The number of hydrogen-bond donors (Lipinski definition) is 3. The van der Waals surface area contributed by atoms with Gasteiger partial charge in [0.2, 0.25) is 5.91 Å². The number of benzene rings is 1. The second-order valence-corrected chi connectivity index (χ2v) is 8.20. The summed E-state index contributed by atoms with van der Waals surface area (Å²) in [6, 6.07) is 3.18. The number of aromatic nitrogens is 1. The van der Waals surface area contributed by atoms with Gasteiger partial charge in [-0.25, -0.2) is 19.5 Å². The third kappa shape index (κ3) is 4.82. The molecule has 1 saturated heterocycles. The minimum Gasteiger partial charge on any atom is -0.508 e. The maximum absolute atomic E-state index is 13.0. The normalized spacial score (nSPS) is 16.9. The molecule has 3 rings (SSSR count). The third-order valence-electron chi connectivity index (χ3n) is 4.64. The lowest BCUT2D eigenvalue weighted by Gasteiger charge is -2.25. The van der Waals surface area contributed by atoms with Crippen molar-refractivity contribution in [3.05, 3.63) is 40.9 Å². The lowest BCUT2D eigenvalue weighted by molar-refractivity contribution is -0.134. The van der Waals surface area contributed by atoms with Crippen molar-refractivity contribution < 1.29 is 29.0 Å². The summed E-state index contributed by atoms with van der Waals surface area (Å²) in [5.41, 5.74) is 0.538. The highest BCUT2D eigenvalue weighted by Gasteiger charge is 2.45. The molecule has 0 radical (unpaired) electrons. The molecule has 1 aliphatic heterocycles. The summed E-state index contributed by atoms with van der Waals surface area (Å²) in [4.78, 5) is 55.2. The van der Waals surface area contributed by atoms with E-state index in [9.17, 15) is 24.3 Å². The van der Waals surface area contributed by atoms with Crippen molar-refractivity contribution in [2.24, 2.45) is 5.92 Å². The number of amides is 4. The van der Waals surface area contributed by atoms with Gasteiger partial charge in [0.05, 0.1) is 7.11 Å². The molecule has 0 spiro atoms. The summed E-state index contributed by atoms with van der Waals surface area (Å²) in [6.07, 6.45) is 0.239. The van der Waals surface area contributed by atoms with E-state index in [1.165, 1.54) is 36.8 Å². The van der Waals surface area contributed by atoms with E-state index in [0.29, 0.717) is 5.56 Å². The fourth-order valence-electron chi connectivity index (χ4n) is 3.18. The Balaban J connectivity index is 1.82. The van der Waals surface area contributed by atoms with Crippen molar-refractivity contribution >= 4 is 40.3 Å². The number of phenols is 1. The number of phenolic OH excluding ortho intramolecular Hbond substituents is 1. The Kier molecular flexibility index (Phi) is 6.54. The third-order valence-corrected chi connectivity index (χ3v) is 5.39. The van der Waals surface area contributed by atoms with Crippen LogP contribution in [0.1, 0.15) is 42.4 Å². The number of ether oxygens (including phenoxy) is 1. The number of thiazole rings is 1. The molecule has 0 saturated carbocycles. The van der Waals surface area contributed by atoms with E-state index >= 15 is 0 Å². The quantitative estimate of drug-likeness (QED) is 0.438. The first-order valence-electron chi connectivity index (χ1n) is 9.48. The molecular weight excluding hydrogens is 424 g/mol. The van der Waals surface area contributed by atoms with E-state index in [4.69, 9.17) is 0 Å². The molecule has 2 unspecified atom stereocenters. The number of carbonyl (C=O) groups is 4. The number of esters is 1. The topological polar surface area (TPSA) is 138 Å². The van der Waals surface area contributed by atoms with Gasteiger partial charge >= 0.3 is 12.0 Å². The summed E-state index contributed by atoms with van der Waals surface area (Å²) < 4.78 is 4.60. The molecule has 2 heterocycles. The zero-order chi connectivity index (χ0) is 22.7. The highest BCUT2D eigenvalue weighted by atomic mass is 32.1. The molecule has 31 heavy (non-hydrogen) atoms. The van der Waals surface area contributed by atoms with Gasteiger partial charge in [0.15, 0.2) is 10.8 Å². The SMILES string of the molecule is COC(=O)c1csc(NC(=O)C(CC(C)C)N2C(=O)NC(c3ccc(O)cc3)C2=O)n1. The zero-order valence-corrected chi connectivity index (χ0v) is 17.9. The monoisotopic (exact) mass is 446 g/mol. The Morgan fingerprint density at radius 2 is 1.97 bits per heavy atom. The van der Waals surface area contributed by atoms with Crippen molar-refractivity contribution in [1.29, 1.82) is 0 Å². The largest absolute Gasteiger partial charge is 0.508 e. The number of nitrogens with zero attached hydrogens (tertiary/aromatic N) is 2. The number of urea groups is 1. The summed E-state index contributed by atoms with van der Waals surface area (Å²) in [5, 5.41) is 16.2. The van der Waals surface area contributed by atoms with Crippen molar-refractivity contribution in [2.45, 2.75) is 32.4 Å². The van der Waals surface area contributed by atoms with Gasteiger partial charge in [-0.2, -0.15) is 0 Å². The Morgan fingerprint density at radius 3 is 2.58 bits per heavy atom. The number of aromatic hydroxyl groups is 1. The predicted molar refractivity (Wildman–Crippen MR) is 112 cm³/mol. The van der Waals surface area contributed by atoms with Gasteiger partial charge < -0.3 is 20.5 Å². The number of nitrogens with one attached hydrogen (secondary N) is 2. The highest BCUT2D eigenvalue weighted by Crippen LogP contribution is 2.28. The van der Waals surface area contributed by atoms with Gasteiger partial charge in [0.1, 0.15) is 17.8 Å². The smallest absolute Gasteiger partial charge is 0.357 e. The van der Waals surface area contributed by atoms with Crippen LogP contribution >= 0.6 is 11.3 Å². The van der Waals surface area contributed by atoms with Crippen molar-refractivity contribution in [2.75, 3.05) is 12.4 Å². The summed E-state index contributed by atoms with van der Waals surface area (Å²) in [7, 11) is 1.22. The van der Waals surface area contributed by atoms with Crippen LogP contribution in [0.4, 0.5) is 9.93 Å². The van der Waals surface area contributed by atoms with Crippen LogP contribution in [0.25, 0.3) is 0 Å². The minimum absolute atomic E-state index is 0.00555. The Morgan fingerprint density at radius 1 is 1.29 bits per heavy atom. The molecule has 10 nitrogen and oxygen atoms in total. The average Bonchev–Trinajstić information content (AvgIpc) is 3.30. The first-order valence-corrected chi connectivity index (χ1v) is 10.4. The van der Waals surface area contributed by atoms with E-state index in [1.807, 2.05) is 13.8 Å². The lowest BCUT2D eigenvalue weighted by atomic mass is 10.0. The number of carbonyl (C=O) groups excluding carboxylic acids is 4. The molecular formula is C20H22N4O6S. The van der Waals surface area contributed by atoms with Crippen LogP contribution in [0.15, 0.2) is 29.6 Å². The predicted octanol–water partition coefficient (Wildman–Crippen LogP) is 2.28. The standard InChI is InChI=1S/C20H22N4O6S/c1-10(2)8-14(16(26)23-19-21-13(9-31-19)18(28)30-3)24-17(27)15(22-20(24)29)11-4-6-12(25)7-5-11/h4-7,9-10,14-15,25H,8H2,1-3H3,(H,22,29)(H,21,23,26). The molecule has 1 aromatic heterocycles. The van der Waals surface area contributed by atoms with Gasteiger partial charge in [-0.3, -0.25) is 9.59 Å². The molecule has 2 atom stereocenters. The number of hydrogen-bond acceptors (Lipinski definition) is 8. The Bertz CT molecular complexity index is 1000. The van der Waals surface area contributed by atoms with Crippen LogP contribution in [-0.4, -0.2) is 52.0 Å². The average molecular weight is 446 g/mol. The Labute approximate surface area is 182 Å². The fraction of sp³-hybridized carbons (Fsp3) is 0.350. The van der Waals surface area contributed by atoms with Crippen LogP contribution < -0.4 is 10.6 Å². The van der Waals surface area contributed by atoms with Crippen LogP contribution in [0.2, 0.25) is 0 Å². The first kappa shape index (κ1) is 22.2. The maximum Gasteiger partial charge on any atom is 0.357 e. The van der Waals surface area contributed by atoms with Crippen molar-refractivity contribution in [1.82, 2.24) is 15.2 Å². The van der Waals surface area contributed by atoms with Gasteiger partial charge in [0.25, 0.3) is 5.91 Å². The zero-order valence-electron chi connectivity index (χ0n) is 17.1. The molecule has 11 heteroatoms. The molecule has 2 aromatic rings.